The van der Waals surface area contributed by atoms with Crippen LogP contribution in [-0.2, 0) is 53.4 Å². The Bertz CT molecular complexity index is 1740. The van der Waals surface area contributed by atoms with E-state index in [1.807, 2.05) is 0 Å². The minimum Gasteiger partial charge on any atom is -0.478 e. The van der Waals surface area contributed by atoms with E-state index in [0.29, 0.717) is 48.5 Å². The van der Waals surface area contributed by atoms with Gasteiger partial charge in [-0.3, -0.25) is 0 Å². The summed E-state index contributed by atoms with van der Waals surface area (Å²) in [5.74, 6) is -1.33. The van der Waals surface area contributed by atoms with E-state index in [0.717, 1.165) is 60.6 Å². The molecule has 0 aromatic carbocycles. The largest absolute Gasteiger partial charge is 0.478 e. The first-order valence-electron chi connectivity index (χ1n) is 17.4. The zero-order valence-corrected chi connectivity index (χ0v) is 34.0. The molecule has 0 fully saturated rings. The van der Waals surface area contributed by atoms with E-state index in [4.69, 9.17) is 19.2 Å². The molecule has 6 rings (SSSR count). The fraction of sp³-hybridized carbons (Fsp3) is 0.588. The number of aromatic carboxylic acids is 1. The Morgan fingerprint density at radius 2 is 1.22 bits per heavy atom. The second-order valence-corrected chi connectivity index (χ2v) is 28.5. The van der Waals surface area contributed by atoms with Gasteiger partial charge in [-0.25, -0.2) is 28.9 Å². The molecule has 272 valence electrons. The molecule has 0 saturated carbocycles. The molecule has 2 aliphatic carbocycles. The van der Waals surface area contributed by atoms with Crippen LogP contribution in [0.4, 0.5) is 0 Å². The molecule has 0 atom stereocenters. The van der Waals surface area contributed by atoms with Crippen LogP contribution in [-0.4, -0.2) is 82.5 Å². The number of carboxylic acids is 1. The van der Waals surface area contributed by atoms with Gasteiger partial charge in [0, 0.05) is 51.5 Å². The lowest BCUT2D eigenvalue weighted by molar-refractivity contribution is 0.0525. The molecule has 4 aromatic rings. The molecular weight excluding hydrogens is 709 g/mol. The molecule has 50 heavy (non-hydrogen) atoms. The van der Waals surface area contributed by atoms with E-state index in [-0.39, 0.29) is 18.3 Å². The van der Waals surface area contributed by atoms with Gasteiger partial charge in [0.15, 0.2) is 0 Å². The lowest BCUT2D eigenvalue weighted by atomic mass is 10.2. The normalized spacial score (nSPS) is 14.0. The molecule has 0 bridgehead atoms. The number of thiazole rings is 2. The zero-order chi connectivity index (χ0) is 36.1. The van der Waals surface area contributed by atoms with Crippen molar-refractivity contribution in [2.24, 2.45) is 0 Å². The number of carboxylic acid groups (broad SMARTS) is 1. The van der Waals surface area contributed by atoms with Crippen molar-refractivity contribution in [1.82, 2.24) is 29.5 Å². The molecule has 2 aliphatic rings. The summed E-state index contributed by atoms with van der Waals surface area (Å²) >= 11 is 3.21. The summed E-state index contributed by atoms with van der Waals surface area (Å²) in [5.41, 5.74) is 3.98. The maximum atomic E-state index is 12.4. The van der Waals surface area contributed by atoms with Crippen LogP contribution in [0.2, 0.25) is 51.4 Å². The number of carbonyl (C=O) groups excluding carboxylic acids is 1. The predicted octanol–water partition coefficient (Wildman–Crippen LogP) is 7.49. The van der Waals surface area contributed by atoms with Crippen molar-refractivity contribution in [3.8, 4) is 21.4 Å². The summed E-state index contributed by atoms with van der Waals surface area (Å²) in [6.07, 6.45) is 9.67. The minimum atomic E-state index is -1.13. The molecule has 1 N–H and O–H groups in total. The summed E-state index contributed by atoms with van der Waals surface area (Å²) in [4.78, 5) is 35.8. The number of hydrogen-bond acceptors (Lipinski definition) is 11. The summed E-state index contributed by atoms with van der Waals surface area (Å²) in [5, 5.41) is 20.0. The predicted molar refractivity (Wildman–Crippen MR) is 202 cm³/mol. The highest BCUT2D eigenvalue weighted by Gasteiger charge is 2.26. The molecular formula is C34H50N6O6S2Si2. The summed E-state index contributed by atoms with van der Waals surface area (Å²) in [7, 11) is -2.25. The van der Waals surface area contributed by atoms with Gasteiger partial charge in [0.25, 0.3) is 0 Å². The zero-order valence-electron chi connectivity index (χ0n) is 30.3. The lowest BCUT2D eigenvalue weighted by Crippen LogP contribution is -2.22. The van der Waals surface area contributed by atoms with Crippen LogP contribution in [0.15, 0.2) is 12.4 Å². The maximum Gasteiger partial charge on any atom is 0.342 e. The number of ether oxygens (including phenoxy) is 3. The average molecular weight is 759 g/mol. The van der Waals surface area contributed by atoms with E-state index >= 15 is 0 Å². The molecule has 0 spiro atoms. The Balaban J connectivity index is 0.000000195. The van der Waals surface area contributed by atoms with Crippen molar-refractivity contribution in [2.75, 3.05) is 19.8 Å². The second kappa shape index (κ2) is 16.5. The van der Waals surface area contributed by atoms with Crippen LogP contribution >= 0.6 is 22.7 Å². The molecule has 12 nitrogen and oxygen atoms in total. The highest BCUT2D eigenvalue weighted by atomic mass is 32.1. The number of hydrogen-bond donors (Lipinski definition) is 1. The van der Waals surface area contributed by atoms with Crippen molar-refractivity contribution in [2.45, 2.75) is 110 Å². The minimum absolute atomic E-state index is 0.191. The van der Waals surface area contributed by atoms with Crippen LogP contribution < -0.4 is 0 Å². The standard InChI is InChI=1S/C18H27N3O3SSi.C16H23N3O3SSi/c1-5-24-18(22)13-11-21(12-23-9-10-26(2,3)4)20-16(13)17-19-14-7-6-8-15(14)25-17;1-24(2,3)8-7-22-10-19-9-11(16(20)21)14(18-19)15-17-12-5-4-6-13(12)23-15/h11H,5-10,12H2,1-4H3;9H,4-8,10H2,1-3H3,(H,20,21). The topological polar surface area (TPSA) is 143 Å². The van der Waals surface area contributed by atoms with Crippen molar-refractivity contribution in [3.05, 3.63) is 44.7 Å². The van der Waals surface area contributed by atoms with Gasteiger partial charge in [-0.15, -0.1) is 22.7 Å². The van der Waals surface area contributed by atoms with Crippen LogP contribution in [0.5, 0.6) is 0 Å². The highest BCUT2D eigenvalue weighted by molar-refractivity contribution is 7.15. The molecule has 0 amide bonds. The molecule has 4 heterocycles. The Morgan fingerprint density at radius 1 is 0.760 bits per heavy atom. The van der Waals surface area contributed by atoms with Gasteiger partial charge in [-0.2, -0.15) is 10.2 Å². The van der Waals surface area contributed by atoms with Gasteiger partial charge in [0.05, 0.1) is 18.0 Å². The number of rotatable bonds is 15. The van der Waals surface area contributed by atoms with E-state index in [9.17, 15) is 14.7 Å². The number of nitrogens with zero attached hydrogens (tertiary/aromatic N) is 6. The Labute approximate surface area is 304 Å². The number of carbonyl (C=O) groups is 2. The molecule has 0 radical (unpaired) electrons. The lowest BCUT2D eigenvalue weighted by Gasteiger charge is -2.15. The fourth-order valence-electron chi connectivity index (χ4n) is 5.46. The Morgan fingerprint density at radius 3 is 1.64 bits per heavy atom. The maximum absolute atomic E-state index is 12.4. The first kappa shape index (κ1) is 38.2. The first-order valence-corrected chi connectivity index (χ1v) is 26.4. The molecule has 0 aliphatic heterocycles. The van der Waals surface area contributed by atoms with E-state index in [1.54, 1.807) is 51.4 Å². The van der Waals surface area contributed by atoms with Crippen LogP contribution in [0.1, 0.15) is 61.6 Å². The van der Waals surface area contributed by atoms with E-state index in [2.05, 4.69) is 54.5 Å². The smallest absolute Gasteiger partial charge is 0.342 e. The first-order chi connectivity index (χ1) is 23.7. The van der Waals surface area contributed by atoms with E-state index in [1.165, 1.54) is 16.2 Å². The molecule has 4 aromatic heterocycles. The van der Waals surface area contributed by atoms with Crippen molar-refractivity contribution < 1.29 is 28.9 Å². The summed E-state index contributed by atoms with van der Waals surface area (Å²) < 4.78 is 19.9. The third-order valence-electron chi connectivity index (χ3n) is 8.29. The third kappa shape index (κ3) is 10.3. The van der Waals surface area contributed by atoms with E-state index < -0.39 is 22.1 Å². The van der Waals surface area contributed by atoms with Gasteiger partial charge in [-0.05, 0) is 57.5 Å². The van der Waals surface area contributed by atoms with Crippen molar-refractivity contribution >= 4 is 50.8 Å². The second-order valence-electron chi connectivity index (χ2n) is 15.1. The monoisotopic (exact) mass is 758 g/mol. The van der Waals surface area contributed by atoms with Gasteiger partial charge in [0.2, 0.25) is 0 Å². The molecule has 0 unspecified atom stereocenters. The van der Waals surface area contributed by atoms with Crippen LogP contribution in [0, 0.1) is 0 Å². The number of aromatic nitrogens is 6. The van der Waals surface area contributed by atoms with Crippen LogP contribution in [0.25, 0.3) is 21.4 Å². The van der Waals surface area contributed by atoms with Crippen LogP contribution in [0.3, 0.4) is 0 Å². The van der Waals surface area contributed by atoms with Gasteiger partial charge < -0.3 is 19.3 Å². The SMILES string of the molecule is CCOC(=O)c1cn(COCC[Si](C)(C)C)nc1-c1nc2c(s1)CCC2.C[Si](C)(C)CCOCn1cc(C(=O)O)c(-c2nc3c(s2)CCC3)n1. The summed E-state index contributed by atoms with van der Waals surface area (Å²) in [6.45, 7) is 18.0. The Kier molecular flexibility index (Phi) is 12.6. The summed E-state index contributed by atoms with van der Waals surface area (Å²) in [6, 6.07) is 2.18. The van der Waals surface area contributed by atoms with Gasteiger partial charge >= 0.3 is 11.9 Å². The quantitative estimate of drug-likeness (QED) is 0.0736. The number of aryl methyl sites for hydroxylation is 4. The fourth-order valence-corrected chi connectivity index (χ4v) is 9.27. The molecule has 0 saturated heterocycles. The average Bonchev–Trinajstić information content (AvgIpc) is 3.85. The van der Waals surface area contributed by atoms with Gasteiger partial charge in [0.1, 0.15) is 46.0 Å². The van der Waals surface area contributed by atoms with Gasteiger partial charge in [-0.1, -0.05) is 39.3 Å². The highest BCUT2D eigenvalue weighted by Crippen LogP contribution is 2.35. The Hall–Kier alpha value is -3.03. The number of fused-ring (bicyclic) bond motifs is 2. The third-order valence-corrected chi connectivity index (χ3v) is 14.0. The van der Waals surface area contributed by atoms with Crippen molar-refractivity contribution in [1.29, 1.82) is 0 Å². The van der Waals surface area contributed by atoms with Crippen molar-refractivity contribution in [3.63, 3.8) is 0 Å². The molecule has 16 heteroatoms. The number of esters is 1.